The summed E-state index contributed by atoms with van der Waals surface area (Å²) in [5.74, 6) is 0. The van der Waals surface area contributed by atoms with E-state index in [1.807, 2.05) is 23.7 Å². The lowest BCUT2D eigenvalue weighted by atomic mass is 9.98. The van der Waals surface area contributed by atoms with Crippen molar-refractivity contribution < 1.29 is 0 Å². The molecule has 3 rings (SSSR count). The number of halogens is 2. The molecule has 1 atom stereocenters. The van der Waals surface area contributed by atoms with E-state index in [0.29, 0.717) is 16.6 Å². The van der Waals surface area contributed by atoms with Crippen LogP contribution in [-0.2, 0) is 19.3 Å². The first-order valence-electron chi connectivity index (χ1n) is 8.85. The Morgan fingerprint density at radius 1 is 1.31 bits per heavy atom. The van der Waals surface area contributed by atoms with Crippen molar-refractivity contribution in [2.75, 3.05) is 13.3 Å². The molecule has 138 valence electrons. The topological polar surface area (TPSA) is 41.6 Å². The van der Waals surface area contributed by atoms with Crippen LogP contribution in [0.5, 0.6) is 0 Å². The molecular formula is C20H24Cl2N3P. The average Bonchev–Trinajstić information content (AvgIpc) is 2.90. The van der Waals surface area contributed by atoms with Gasteiger partial charge in [0.1, 0.15) is 5.15 Å². The number of hydrogen-bond donors (Lipinski definition) is 0. The van der Waals surface area contributed by atoms with Crippen molar-refractivity contribution in [1.29, 1.82) is 5.26 Å². The van der Waals surface area contributed by atoms with Gasteiger partial charge in [-0.15, -0.1) is 6.89 Å². The molecule has 2 aromatic rings. The lowest BCUT2D eigenvalue weighted by Gasteiger charge is -2.21. The second-order valence-electron chi connectivity index (χ2n) is 7.69. The number of nitrogens with zero attached hydrogens (tertiary/aromatic N) is 3. The van der Waals surface area contributed by atoms with Gasteiger partial charge in [0.2, 0.25) is 0 Å². The Kier molecular flexibility index (Phi) is 5.59. The minimum Gasteiger partial charge on any atom is -0.221 e. The normalized spacial score (nSPS) is 15.4. The van der Waals surface area contributed by atoms with E-state index in [1.165, 1.54) is 5.56 Å². The Morgan fingerprint density at radius 2 is 2.00 bits per heavy atom. The lowest BCUT2D eigenvalue weighted by molar-refractivity contribution is 0.671. The van der Waals surface area contributed by atoms with Crippen LogP contribution in [0.15, 0.2) is 12.1 Å². The maximum Gasteiger partial charge on any atom is 0.136 e. The quantitative estimate of drug-likeness (QED) is 0.626. The monoisotopic (exact) mass is 407 g/mol. The van der Waals surface area contributed by atoms with Gasteiger partial charge in [0.05, 0.1) is 23.1 Å². The Bertz CT molecular complexity index is 934. The standard InChI is InChI=1S/C20H24Cl2N3P/c1-13-9-17(21)14(10-15(12-23)26(2,3)4)11-19(13)25-20(22)16-7-5-6-8-18(16)24-25/h9,11,15H,2,5-8,10H2,1,3-4H3. The molecular weight excluding hydrogens is 384 g/mol. The summed E-state index contributed by atoms with van der Waals surface area (Å²) in [6, 6.07) is 6.42. The summed E-state index contributed by atoms with van der Waals surface area (Å²) in [5, 5.41) is 15.7. The van der Waals surface area contributed by atoms with Gasteiger partial charge in [-0.25, -0.2) is 4.68 Å². The highest BCUT2D eigenvalue weighted by Crippen LogP contribution is 2.44. The van der Waals surface area contributed by atoms with E-state index in [4.69, 9.17) is 28.3 Å². The molecule has 0 aliphatic heterocycles. The van der Waals surface area contributed by atoms with Crippen LogP contribution in [0.3, 0.4) is 0 Å². The summed E-state index contributed by atoms with van der Waals surface area (Å²) in [6.45, 7) is 4.64. The molecule has 1 aromatic carbocycles. The molecule has 0 saturated heterocycles. The summed E-state index contributed by atoms with van der Waals surface area (Å²) in [6.07, 6.45) is 9.13. The smallest absolute Gasteiger partial charge is 0.136 e. The molecule has 6 heteroatoms. The maximum atomic E-state index is 9.57. The number of fused-ring (bicyclic) bond motifs is 1. The summed E-state index contributed by atoms with van der Waals surface area (Å²) >= 11 is 13.2. The first-order valence-corrected chi connectivity index (χ1v) is 12.5. The third kappa shape index (κ3) is 3.74. The molecule has 26 heavy (non-hydrogen) atoms. The zero-order valence-corrected chi connectivity index (χ0v) is 17.9. The summed E-state index contributed by atoms with van der Waals surface area (Å²) in [5.41, 5.74) is 5.10. The molecule has 0 fully saturated rings. The maximum absolute atomic E-state index is 9.57. The van der Waals surface area contributed by atoms with Gasteiger partial charge in [0.25, 0.3) is 0 Å². The molecule has 0 N–H and O–H groups in total. The average molecular weight is 408 g/mol. The third-order valence-electron chi connectivity index (χ3n) is 5.09. The van der Waals surface area contributed by atoms with E-state index >= 15 is 0 Å². The van der Waals surface area contributed by atoms with E-state index in [-0.39, 0.29) is 5.66 Å². The van der Waals surface area contributed by atoms with Crippen LogP contribution in [-0.4, -0.2) is 35.1 Å². The van der Waals surface area contributed by atoms with Gasteiger partial charge >= 0.3 is 0 Å². The van der Waals surface area contributed by atoms with Gasteiger partial charge in [-0.05, 0) is 75.6 Å². The number of nitriles is 1. The Labute approximate surface area is 165 Å². The van der Waals surface area contributed by atoms with Crippen molar-refractivity contribution in [3.8, 4) is 11.8 Å². The first-order chi connectivity index (χ1) is 12.2. The van der Waals surface area contributed by atoms with Crippen LogP contribution >= 0.6 is 30.1 Å². The summed E-state index contributed by atoms with van der Waals surface area (Å²) in [7, 11) is 0. The second kappa shape index (κ2) is 7.43. The molecule has 0 spiro atoms. The van der Waals surface area contributed by atoms with Gasteiger partial charge in [0, 0.05) is 10.6 Å². The zero-order valence-electron chi connectivity index (χ0n) is 15.5. The molecule has 1 aliphatic rings. The highest BCUT2D eigenvalue weighted by atomic mass is 35.5. The molecule has 0 radical (unpaired) electrons. The Hall–Kier alpha value is -1.20. The summed E-state index contributed by atoms with van der Waals surface area (Å²) < 4.78 is 1.85. The molecule has 1 heterocycles. The second-order valence-corrected chi connectivity index (χ2v) is 12.6. The van der Waals surface area contributed by atoms with Crippen LogP contribution in [0.25, 0.3) is 5.69 Å². The number of hydrogen-bond acceptors (Lipinski definition) is 2. The number of rotatable bonds is 4. The van der Waals surface area contributed by atoms with Gasteiger partial charge in [0.15, 0.2) is 0 Å². The minimum absolute atomic E-state index is 0.114. The molecule has 1 aromatic heterocycles. The largest absolute Gasteiger partial charge is 0.221 e. The minimum atomic E-state index is -1.54. The van der Waals surface area contributed by atoms with Crippen molar-refractivity contribution in [2.24, 2.45) is 0 Å². The van der Waals surface area contributed by atoms with Crippen LogP contribution in [0.2, 0.25) is 10.2 Å². The Morgan fingerprint density at radius 3 is 2.62 bits per heavy atom. The Balaban J connectivity index is 2.06. The van der Waals surface area contributed by atoms with Crippen molar-refractivity contribution in [3.05, 3.63) is 44.7 Å². The molecule has 3 nitrogen and oxygen atoms in total. The van der Waals surface area contributed by atoms with E-state index in [9.17, 15) is 5.26 Å². The van der Waals surface area contributed by atoms with Crippen LogP contribution < -0.4 is 0 Å². The van der Waals surface area contributed by atoms with Gasteiger partial charge in [-0.1, -0.05) is 29.5 Å². The van der Waals surface area contributed by atoms with Crippen LogP contribution in [0, 0.1) is 18.3 Å². The van der Waals surface area contributed by atoms with Gasteiger partial charge < -0.3 is 0 Å². The highest BCUT2D eigenvalue weighted by Gasteiger charge is 2.23. The summed E-state index contributed by atoms with van der Waals surface area (Å²) in [4.78, 5) is 0. The number of aryl methyl sites for hydroxylation is 2. The fourth-order valence-corrected chi connectivity index (χ4v) is 5.05. The predicted molar refractivity (Wildman–Crippen MR) is 114 cm³/mol. The van der Waals surface area contributed by atoms with Gasteiger partial charge in [-0.3, -0.25) is 0 Å². The third-order valence-corrected chi connectivity index (χ3v) is 7.82. The molecule has 1 unspecified atom stereocenters. The van der Waals surface area contributed by atoms with Crippen molar-refractivity contribution >= 4 is 36.4 Å². The fraction of sp³-hybridized carbons (Fsp3) is 0.450. The van der Waals surface area contributed by atoms with E-state index < -0.39 is 6.89 Å². The van der Waals surface area contributed by atoms with Crippen molar-refractivity contribution in [2.45, 2.75) is 44.7 Å². The van der Waals surface area contributed by atoms with Gasteiger partial charge in [-0.2, -0.15) is 10.4 Å². The van der Waals surface area contributed by atoms with E-state index in [1.54, 1.807) is 0 Å². The predicted octanol–water partition coefficient (Wildman–Crippen LogP) is 5.51. The first kappa shape index (κ1) is 19.6. The van der Waals surface area contributed by atoms with Crippen molar-refractivity contribution in [1.82, 2.24) is 9.78 Å². The number of aromatic nitrogens is 2. The SMILES string of the molecule is C=P(C)(C)C(C#N)Cc1cc(-n2nc3c(c2Cl)CCCC3)c(C)cc1Cl. The molecule has 0 amide bonds. The molecule has 0 saturated carbocycles. The van der Waals surface area contributed by atoms with Crippen LogP contribution in [0.1, 0.15) is 35.2 Å². The highest BCUT2D eigenvalue weighted by molar-refractivity contribution is 7.73. The molecule has 1 aliphatic carbocycles. The van der Waals surface area contributed by atoms with Crippen molar-refractivity contribution in [3.63, 3.8) is 0 Å². The number of benzene rings is 1. The zero-order chi connectivity index (χ0) is 19.1. The van der Waals surface area contributed by atoms with E-state index in [2.05, 4.69) is 25.7 Å². The molecule has 0 bridgehead atoms. The lowest BCUT2D eigenvalue weighted by Crippen LogP contribution is -2.10. The van der Waals surface area contributed by atoms with Crippen LogP contribution in [0.4, 0.5) is 0 Å². The fourth-order valence-electron chi connectivity index (χ4n) is 3.42. The van der Waals surface area contributed by atoms with E-state index in [0.717, 1.165) is 48.2 Å².